The van der Waals surface area contributed by atoms with E-state index in [-0.39, 0.29) is 5.25 Å². The van der Waals surface area contributed by atoms with E-state index >= 15 is 0 Å². The van der Waals surface area contributed by atoms with Gasteiger partial charge >= 0.3 is 0 Å². The monoisotopic (exact) mass is 319 g/mol. The lowest BCUT2D eigenvalue weighted by Gasteiger charge is -2.24. The van der Waals surface area contributed by atoms with Crippen LogP contribution in [0.1, 0.15) is 17.7 Å². The maximum absolute atomic E-state index is 12.0. The maximum Gasteiger partial charge on any atom is 0.216 e. The third-order valence-corrected chi connectivity index (χ3v) is 6.36. The van der Waals surface area contributed by atoms with E-state index in [0.29, 0.717) is 13.0 Å². The summed E-state index contributed by atoms with van der Waals surface area (Å²) in [5.74, 6) is 0. The van der Waals surface area contributed by atoms with Crippen LogP contribution in [0.5, 0.6) is 0 Å². The van der Waals surface area contributed by atoms with Crippen LogP contribution in [0.15, 0.2) is 24.3 Å². The average Bonchev–Trinajstić information content (AvgIpc) is 2.99. The number of benzene rings is 1. The van der Waals surface area contributed by atoms with Crippen LogP contribution >= 0.6 is 0 Å². The molecule has 0 amide bonds. The predicted molar refractivity (Wildman–Crippen MR) is 89.8 cm³/mol. The van der Waals surface area contributed by atoms with Gasteiger partial charge in [-0.15, -0.1) is 0 Å². The molecule has 1 aromatic carbocycles. The van der Waals surface area contributed by atoms with Crippen molar-refractivity contribution >= 4 is 26.6 Å². The topological polar surface area (TPSA) is 62.3 Å². The molecule has 1 atom stereocenters. The number of anilines is 1. The first-order valence-corrected chi connectivity index (χ1v) is 9.02. The number of nitrogens with zero attached hydrogens (tertiary/aromatic N) is 2. The lowest BCUT2D eigenvalue weighted by atomic mass is 10.1. The number of hydrogen-bond acceptors (Lipinski definition) is 4. The Balaban J connectivity index is 2.06. The van der Waals surface area contributed by atoms with Crippen molar-refractivity contribution in [2.75, 3.05) is 25.0 Å². The maximum atomic E-state index is 12.0. The highest BCUT2D eigenvalue weighted by atomic mass is 32.2. The lowest BCUT2D eigenvalue weighted by Crippen LogP contribution is -2.34. The van der Waals surface area contributed by atoms with Gasteiger partial charge in [-0.2, -0.15) is 0 Å². The van der Waals surface area contributed by atoms with Crippen molar-refractivity contribution in [2.45, 2.75) is 25.5 Å². The second-order valence-electron chi connectivity index (χ2n) is 5.79. The first kappa shape index (κ1) is 15.2. The molecule has 22 heavy (non-hydrogen) atoms. The van der Waals surface area contributed by atoms with Gasteiger partial charge in [0, 0.05) is 24.2 Å². The van der Waals surface area contributed by atoms with E-state index in [1.807, 2.05) is 25.1 Å². The van der Waals surface area contributed by atoms with Gasteiger partial charge in [-0.25, -0.2) is 13.1 Å². The van der Waals surface area contributed by atoms with Gasteiger partial charge in [-0.05, 0) is 38.9 Å². The van der Waals surface area contributed by atoms with Crippen LogP contribution in [0.3, 0.4) is 0 Å². The average molecular weight is 319 g/mol. The Morgan fingerprint density at radius 3 is 2.73 bits per heavy atom. The number of rotatable bonds is 3. The normalized spacial score (nSPS) is 19.0. The van der Waals surface area contributed by atoms with Crippen LogP contribution in [-0.4, -0.2) is 38.8 Å². The van der Waals surface area contributed by atoms with E-state index < -0.39 is 10.0 Å². The fourth-order valence-electron chi connectivity index (χ4n) is 3.17. The van der Waals surface area contributed by atoms with E-state index in [4.69, 9.17) is 0 Å². The number of hydrogen-bond donors (Lipinski definition) is 1. The molecule has 5 nitrogen and oxygen atoms in total. The summed E-state index contributed by atoms with van der Waals surface area (Å²) in [6.07, 6.45) is 0.651. The number of aryl methyl sites for hydroxylation is 1. The van der Waals surface area contributed by atoms with Crippen molar-refractivity contribution < 1.29 is 8.42 Å². The molecule has 3 rings (SSSR count). The minimum absolute atomic E-state index is 0.357. The van der Waals surface area contributed by atoms with Crippen LogP contribution in [0.4, 0.5) is 5.69 Å². The Hall–Kier alpha value is -1.66. The zero-order chi connectivity index (χ0) is 15.9. The molecule has 1 unspecified atom stereocenters. The molecule has 0 bridgehead atoms. The zero-order valence-electron chi connectivity index (χ0n) is 13.1. The van der Waals surface area contributed by atoms with Crippen LogP contribution < -0.4 is 9.62 Å². The molecule has 1 saturated heterocycles. The smallest absolute Gasteiger partial charge is 0.216 e. The van der Waals surface area contributed by atoms with Gasteiger partial charge in [0.1, 0.15) is 0 Å². The van der Waals surface area contributed by atoms with Crippen LogP contribution in [0.2, 0.25) is 0 Å². The van der Waals surface area contributed by atoms with Crippen LogP contribution in [0, 0.1) is 13.8 Å². The highest BCUT2D eigenvalue weighted by Crippen LogP contribution is 2.34. The standard InChI is InChI=1S/C16H21N3O2S/c1-11-12(2)18-15-7-5-4-6-14(15)16(11)19-9-8-13(10-19)22(20,21)17-3/h4-7,13,17H,8-10H2,1-3H3. The third-order valence-electron chi connectivity index (χ3n) is 4.53. The molecule has 2 aromatic rings. The molecule has 1 N–H and O–H groups in total. The first-order chi connectivity index (χ1) is 10.4. The minimum Gasteiger partial charge on any atom is -0.369 e. The molecule has 118 valence electrons. The van der Waals surface area contributed by atoms with Crippen LogP contribution in [0.25, 0.3) is 10.9 Å². The van der Waals surface area contributed by atoms with Gasteiger partial charge < -0.3 is 4.90 Å². The van der Waals surface area contributed by atoms with Crippen molar-refractivity contribution in [1.82, 2.24) is 9.71 Å². The molecule has 0 radical (unpaired) electrons. The second kappa shape index (κ2) is 5.52. The molecule has 1 fully saturated rings. The molecular weight excluding hydrogens is 298 g/mol. The number of pyridine rings is 1. The summed E-state index contributed by atoms with van der Waals surface area (Å²) in [5.41, 5.74) is 4.20. The predicted octanol–water partition coefficient (Wildman–Crippen LogP) is 1.98. The van der Waals surface area contributed by atoms with Gasteiger partial charge in [0.15, 0.2) is 0 Å². The largest absolute Gasteiger partial charge is 0.369 e. The molecule has 1 aliphatic heterocycles. The Bertz CT molecular complexity index is 817. The number of nitrogens with one attached hydrogen (secondary N) is 1. The Kier molecular flexibility index (Phi) is 3.82. The van der Waals surface area contributed by atoms with E-state index in [1.165, 1.54) is 7.05 Å². The molecule has 0 saturated carbocycles. The highest BCUT2D eigenvalue weighted by Gasteiger charge is 2.33. The van der Waals surface area contributed by atoms with Crippen molar-refractivity contribution in [1.29, 1.82) is 0 Å². The summed E-state index contributed by atoms with van der Waals surface area (Å²) in [6, 6.07) is 8.04. The molecular formula is C16H21N3O2S. The Morgan fingerprint density at radius 1 is 1.27 bits per heavy atom. The SMILES string of the molecule is CNS(=O)(=O)C1CCN(c2c(C)c(C)nc3ccccc23)C1. The van der Waals surface area contributed by atoms with Crippen molar-refractivity contribution in [3.05, 3.63) is 35.5 Å². The molecule has 2 heterocycles. The third kappa shape index (κ3) is 2.46. The fraction of sp³-hybridized carbons (Fsp3) is 0.438. The van der Waals surface area contributed by atoms with Gasteiger partial charge in [0.25, 0.3) is 0 Å². The summed E-state index contributed by atoms with van der Waals surface area (Å²) >= 11 is 0. The van der Waals surface area contributed by atoms with Crippen LogP contribution in [-0.2, 0) is 10.0 Å². The summed E-state index contributed by atoms with van der Waals surface area (Å²) in [7, 11) is -1.74. The number of aromatic nitrogens is 1. The lowest BCUT2D eigenvalue weighted by molar-refractivity contribution is 0.575. The highest BCUT2D eigenvalue weighted by molar-refractivity contribution is 7.90. The molecule has 1 aromatic heterocycles. The zero-order valence-corrected chi connectivity index (χ0v) is 13.9. The van der Waals surface area contributed by atoms with E-state index in [0.717, 1.165) is 34.4 Å². The quantitative estimate of drug-likeness (QED) is 0.940. The Labute approximate surface area is 131 Å². The molecule has 0 spiro atoms. The van der Waals surface area contributed by atoms with Crippen molar-refractivity contribution in [3.8, 4) is 0 Å². The summed E-state index contributed by atoms with van der Waals surface area (Å²) in [6.45, 7) is 5.34. The number of fused-ring (bicyclic) bond motifs is 1. The van der Waals surface area contributed by atoms with Gasteiger partial charge in [-0.3, -0.25) is 4.98 Å². The van der Waals surface area contributed by atoms with Gasteiger partial charge in [-0.1, -0.05) is 18.2 Å². The minimum atomic E-state index is -3.22. The van der Waals surface area contributed by atoms with Crippen molar-refractivity contribution in [3.63, 3.8) is 0 Å². The number of para-hydroxylation sites is 1. The van der Waals surface area contributed by atoms with Gasteiger partial charge in [0.05, 0.1) is 16.5 Å². The van der Waals surface area contributed by atoms with E-state index in [2.05, 4.69) is 27.6 Å². The summed E-state index contributed by atoms with van der Waals surface area (Å²) < 4.78 is 26.5. The number of sulfonamides is 1. The first-order valence-electron chi connectivity index (χ1n) is 7.47. The Morgan fingerprint density at radius 2 is 2.00 bits per heavy atom. The van der Waals surface area contributed by atoms with Gasteiger partial charge in [0.2, 0.25) is 10.0 Å². The molecule has 0 aliphatic carbocycles. The summed E-state index contributed by atoms with van der Waals surface area (Å²) in [4.78, 5) is 6.82. The van der Waals surface area contributed by atoms with E-state index in [1.54, 1.807) is 0 Å². The van der Waals surface area contributed by atoms with Crippen molar-refractivity contribution in [2.24, 2.45) is 0 Å². The second-order valence-corrected chi connectivity index (χ2v) is 7.96. The summed E-state index contributed by atoms with van der Waals surface area (Å²) in [5, 5.41) is 0.734. The van der Waals surface area contributed by atoms with E-state index in [9.17, 15) is 8.42 Å². The molecule has 6 heteroatoms. The molecule has 1 aliphatic rings. The fourth-order valence-corrected chi connectivity index (χ4v) is 4.29.